The van der Waals surface area contributed by atoms with E-state index in [0.29, 0.717) is 18.8 Å². The zero-order valence-corrected chi connectivity index (χ0v) is 15.3. The topological polar surface area (TPSA) is 84.9 Å². The Bertz CT molecular complexity index is 688. The van der Waals surface area contributed by atoms with Gasteiger partial charge in [0.2, 0.25) is 0 Å². The van der Waals surface area contributed by atoms with Crippen molar-refractivity contribution in [2.24, 2.45) is 5.92 Å². The zero-order valence-electron chi connectivity index (χ0n) is 15.3. The summed E-state index contributed by atoms with van der Waals surface area (Å²) >= 11 is 0. The number of carboxylic acid groups (broad SMARTS) is 1. The van der Waals surface area contributed by atoms with Gasteiger partial charge in [-0.05, 0) is 44.9 Å². The second-order valence-corrected chi connectivity index (χ2v) is 7.10. The minimum absolute atomic E-state index is 0.371. The highest BCUT2D eigenvalue weighted by atomic mass is 16.6. The van der Waals surface area contributed by atoms with Crippen molar-refractivity contribution >= 4 is 12.1 Å². The van der Waals surface area contributed by atoms with Crippen LogP contribution in [-0.2, 0) is 20.9 Å². The number of allylic oxidation sites excluding steroid dienone is 2. The average molecular weight is 359 g/mol. The number of aliphatic carboxylic acids is 1. The highest BCUT2D eigenvalue weighted by Crippen LogP contribution is 2.22. The molecule has 1 aromatic carbocycles. The molecule has 0 aromatic heterocycles. The number of hydrogen-bond donors (Lipinski definition) is 2. The molecule has 0 spiro atoms. The number of amides is 1. The number of hydrogen-bond acceptors (Lipinski definition) is 4. The van der Waals surface area contributed by atoms with Crippen LogP contribution in [0.2, 0.25) is 0 Å². The number of rotatable bonds is 6. The van der Waals surface area contributed by atoms with E-state index in [2.05, 4.69) is 5.32 Å². The molecule has 2 N–H and O–H groups in total. The minimum atomic E-state index is -1.10. The first kappa shape index (κ1) is 19.6. The summed E-state index contributed by atoms with van der Waals surface area (Å²) in [6, 6.07) is 8.71. The van der Waals surface area contributed by atoms with Crippen molar-refractivity contribution < 1.29 is 24.2 Å². The molecule has 26 heavy (non-hydrogen) atoms. The van der Waals surface area contributed by atoms with Gasteiger partial charge in [0.05, 0.1) is 0 Å². The van der Waals surface area contributed by atoms with Crippen LogP contribution in [-0.4, -0.2) is 28.8 Å². The van der Waals surface area contributed by atoms with Crippen molar-refractivity contribution in [1.82, 2.24) is 5.32 Å². The average Bonchev–Trinajstić information content (AvgIpc) is 2.57. The van der Waals surface area contributed by atoms with Crippen molar-refractivity contribution in [3.8, 4) is 0 Å². The molecule has 1 aliphatic carbocycles. The Morgan fingerprint density at radius 1 is 1.27 bits per heavy atom. The van der Waals surface area contributed by atoms with Gasteiger partial charge in [-0.3, -0.25) is 0 Å². The van der Waals surface area contributed by atoms with Crippen LogP contribution >= 0.6 is 0 Å². The van der Waals surface area contributed by atoms with E-state index in [1.807, 2.05) is 36.4 Å². The van der Waals surface area contributed by atoms with Gasteiger partial charge in [-0.25, -0.2) is 9.59 Å². The molecule has 0 saturated carbocycles. The smallest absolute Gasteiger partial charge is 0.408 e. The fraction of sp³-hybridized carbons (Fsp3) is 0.400. The summed E-state index contributed by atoms with van der Waals surface area (Å²) in [5, 5.41) is 11.9. The maximum Gasteiger partial charge on any atom is 0.408 e. The van der Waals surface area contributed by atoms with Crippen molar-refractivity contribution in [3.63, 3.8) is 0 Å². The third kappa shape index (κ3) is 6.27. The first-order valence-corrected chi connectivity index (χ1v) is 8.52. The predicted octanol–water partition coefficient (Wildman–Crippen LogP) is 3.64. The third-order valence-corrected chi connectivity index (χ3v) is 3.71. The lowest BCUT2D eigenvalue weighted by Gasteiger charge is -2.26. The first-order chi connectivity index (χ1) is 12.2. The van der Waals surface area contributed by atoms with Crippen LogP contribution < -0.4 is 5.32 Å². The van der Waals surface area contributed by atoms with E-state index < -0.39 is 23.7 Å². The summed E-state index contributed by atoms with van der Waals surface area (Å²) in [7, 11) is 0. The molecule has 1 unspecified atom stereocenters. The Kier molecular flexibility index (Phi) is 6.44. The molecule has 2 atom stereocenters. The van der Waals surface area contributed by atoms with Gasteiger partial charge in [0.25, 0.3) is 0 Å². The number of ether oxygens (including phenoxy) is 2. The number of benzene rings is 1. The van der Waals surface area contributed by atoms with Crippen LogP contribution in [0.15, 0.2) is 54.3 Å². The molecular weight excluding hydrogens is 334 g/mol. The molecule has 1 amide bonds. The van der Waals surface area contributed by atoms with E-state index in [0.717, 1.165) is 5.56 Å². The second-order valence-electron chi connectivity index (χ2n) is 7.10. The monoisotopic (exact) mass is 359 g/mol. The third-order valence-electron chi connectivity index (χ3n) is 3.71. The van der Waals surface area contributed by atoms with E-state index >= 15 is 0 Å². The van der Waals surface area contributed by atoms with Gasteiger partial charge in [0.15, 0.2) is 0 Å². The SMILES string of the molecule is CC(C)(C)OC(=O)N[C@H](C(=O)O)C1C=CC(OCc2ccccc2)=CC1. The van der Waals surface area contributed by atoms with Crippen LogP contribution in [0.3, 0.4) is 0 Å². The Hall–Kier alpha value is -2.76. The number of alkyl carbamates (subject to hydrolysis) is 1. The molecule has 140 valence electrons. The van der Waals surface area contributed by atoms with Gasteiger partial charge in [-0.1, -0.05) is 36.4 Å². The Labute approximate surface area is 153 Å². The van der Waals surface area contributed by atoms with E-state index in [9.17, 15) is 14.7 Å². The number of carboxylic acids is 1. The largest absolute Gasteiger partial charge is 0.489 e. The second kappa shape index (κ2) is 8.56. The van der Waals surface area contributed by atoms with Crippen LogP contribution in [0.4, 0.5) is 4.79 Å². The van der Waals surface area contributed by atoms with Crippen LogP contribution in [0, 0.1) is 5.92 Å². The molecule has 6 nitrogen and oxygen atoms in total. The van der Waals surface area contributed by atoms with Crippen LogP contribution in [0.1, 0.15) is 32.8 Å². The number of carbonyl (C=O) groups excluding carboxylic acids is 1. The minimum Gasteiger partial charge on any atom is -0.489 e. The lowest BCUT2D eigenvalue weighted by Crippen LogP contribution is -2.47. The fourth-order valence-corrected chi connectivity index (χ4v) is 2.50. The molecule has 0 saturated heterocycles. The standard InChI is InChI=1S/C20H25NO5/c1-20(2,3)26-19(24)21-17(18(22)23)15-9-11-16(12-10-15)25-13-14-7-5-4-6-8-14/h4-9,11-12,15,17H,10,13H2,1-3H3,(H,21,24)(H,22,23)/t15?,17-/m0/s1. The van der Waals surface area contributed by atoms with E-state index in [-0.39, 0.29) is 5.92 Å². The fourth-order valence-electron chi connectivity index (χ4n) is 2.50. The van der Waals surface area contributed by atoms with Gasteiger partial charge in [-0.2, -0.15) is 0 Å². The van der Waals surface area contributed by atoms with Crippen LogP contribution in [0.25, 0.3) is 0 Å². The van der Waals surface area contributed by atoms with E-state index in [4.69, 9.17) is 9.47 Å². The van der Waals surface area contributed by atoms with Crippen molar-refractivity contribution in [2.75, 3.05) is 0 Å². The quantitative estimate of drug-likeness (QED) is 0.810. The molecule has 0 radical (unpaired) electrons. The Morgan fingerprint density at radius 3 is 2.50 bits per heavy atom. The normalized spacial score (nSPS) is 17.8. The molecule has 0 bridgehead atoms. The summed E-state index contributed by atoms with van der Waals surface area (Å²) in [5.41, 5.74) is 0.368. The molecule has 6 heteroatoms. The maximum atomic E-state index is 11.9. The molecule has 0 heterocycles. The van der Waals surface area contributed by atoms with Crippen LogP contribution in [0.5, 0.6) is 0 Å². The first-order valence-electron chi connectivity index (χ1n) is 8.52. The number of carbonyl (C=O) groups is 2. The summed E-state index contributed by atoms with van der Waals surface area (Å²) in [6.07, 6.45) is 5.03. The summed E-state index contributed by atoms with van der Waals surface area (Å²) in [4.78, 5) is 23.4. The highest BCUT2D eigenvalue weighted by Gasteiger charge is 2.30. The Morgan fingerprint density at radius 2 is 1.96 bits per heavy atom. The Balaban J connectivity index is 1.90. The molecular formula is C20H25NO5. The number of nitrogens with one attached hydrogen (secondary N) is 1. The predicted molar refractivity (Wildman–Crippen MR) is 97.4 cm³/mol. The summed E-state index contributed by atoms with van der Waals surface area (Å²) in [5.74, 6) is -0.789. The van der Waals surface area contributed by atoms with E-state index in [1.165, 1.54) is 0 Å². The summed E-state index contributed by atoms with van der Waals surface area (Å²) < 4.78 is 10.9. The van der Waals surface area contributed by atoms with Crippen molar-refractivity contribution in [2.45, 2.75) is 45.4 Å². The van der Waals surface area contributed by atoms with Crippen molar-refractivity contribution in [3.05, 3.63) is 59.9 Å². The lowest BCUT2D eigenvalue weighted by molar-refractivity contribution is -0.140. The maximum absolute atomic E-state index is 11.9. The molecule has 1 aromatic rings. The molecule has 1 aliphatic rings. The molecule has 2 rings (SSSR count). The van der Waals surface area contributed by atoms with Crippen molar-refractivity contribution in [1.29, 1.82) is 0 Å². The summed E-state index contributed by atoms with van der Waals surface area (Å²) in [6.45, 7) is 5.62. The van der Waals surface area contributed by atoms with Gasteiger partial charge in [0.1, 0.15) is 24.0 Å². The van der Waals surface area contributed by atoms with E-state index in [1.54, 1.807) is 32.9 Å². The molecule has 0 fully saturated rings. The van der Waals surface area contributed by atoms with Gasteiger partial charge in [-0.15, -0.1) is 0 Å². The van der Waals surface area contributed by atoms with Gasteiger partial charge >= 0.3 is 12.1 Å². The van der Waals surface area contributed by atoms with Gasteiger partial charge in [0, 0.05) is 5.92 Å². The van der Waals surface area contributed by atoms with Gasteiger partial charge < -0.3 is 19.9 Å². The lowest BCUT2D eigenvalue weighted by atomic mass is 9.92. The highest BCUT2D eigenvalue weighted by molar-refractivity contribution is 5.80. The zero-order chi connectivity index (χ0) is 19.2. The molecule has 0 aliphatic heterocycles.